The summed E-state index contributed by atoms with van der Waals surface area (Å²) < 4.78 is 5.76. The molecule has 0 aromatic rings. The van der Waals surface area contributed by atoms with E-state index in [9.17, 15) is 4.79 Å². The summed E-state index contributed by atoms with van der Waals surface area (Å²) in [4.78, 5) is 10.7. The monoisotopic (exact) mass is 186 g/mol. The van der Waals surface area contributed by atoms with Gasteiger partial charge in [0.05, 0.1) is 20.1 Å². The molecule has 0 N–H and O–H groups in total. The van der Waals surface area contributed by atoms with Crippen LogP contribution in [-0.2, 0) is 9.53 Å². The van der Waals surface area contributed by atoms with Crippen LogP contribution in [-0.4, -0.2) is 43.7 Å². The summed E-state index contributed by atoms with van der Waals surface area (Å²) in [5.41, 5.74) is 0. The first kappa shape index (κ1) is 12.2. The Bertz CT molecular complexity index is 185. The fourth-order valence-electron chi connectivity index (χ4n) is 0.699. The lowest BCUT2D eigenvalue weighted by Gasteiger charge is -2.33. The Labute approximate surface area is 80.6 Å². The van der Waals surface area contributed by atoms with Crippen LogP contribution in [0.3, 0.4) is 0 Å². The van der Waals surface area contributed by atoms with Crippen LogP contribution in [0.4, 0.5) is 0 Å². The van der Waals surface area contributed by atoms with Gasteiger partial charge in [0.25, 0.3) is 0 Å². The number of hydrogen-bond donors (Lipinski definition) is 0. The highest BCUT2D eigenvalue weighted by molar-refractivity contribution is 5.81. The standard InChI is InChI=1S/C10H20NO2/c1-6-10(12)13-8-7-11(4,5)9(2)3/h6,9H,1,7-8H2,2-5H3/q+1. The van der Waals surface area contributed by atoms with Crippen molar-refractivity contribution in [2.75, 3.05) is 27.2 Å². The van der Waals surface area contributed by atoms with Crippen molar-refractivity contribution in [1.29, 1.82) is 0 Å². The molecule has 13 heavy (non-hydrogen) atoms. The maximum atomic E-state index is 10.7. The number of rotatable bonds is 5. The second-order valence-electron chi connectivity index (χ2n) is 3.97. The number of carbonyl (C=O) groups excluding carboxylic acids is 1. The van der Waals surface area contributed by atoms with Crippen LogP contribution in [0.2, 0.25) is 0 Å². The predicted molar refractivity (Wildman–Crippen MR) is 53.3 cm³/mol. The Balaban J connectivity index is 3.76. The van der Waals surface area contributed by atoms with Crippen LogP contribution in [0.15, 0.2) is 12.7 Å². The van der Waals surface area contributed by atoms with Gasteiger partial charge in [-0.05, 0) is 13.8 Å². The number of likely N-dealkylation sites (N-methyl/N-ethyl adjacent to an activating group) is 1. The SMILES string of the molecule is C=CC(=O)OCC[N+](C)(C)C(C)C. The average Bonchev–Trinajstić information content (AvgIpc) is 2.03. The van der Waals surface area contributed by atoms with E-state index in [1.54, 1.807) is 0 Å². The first-order chi connectivity index (χ1) is 5.90. The summed E-state index contributed by atoms with van der Waals surface area (Å²) in [5, 5.41) is 0. The minimum absolute atomic E-state index is 0.344. The number of ether oxygens (including phenoxy) is 1. The Morgan fingerprint density at radius 1 is 1.54 bits per heavy atom. The third kappa shape index (κ3) is 4.68. The minimum atomic E-state index is -0.344. The normalized spacial score (nSPS) is 11.5. The summed E-state index contributed by atoms with van der Waals surface area (Å²) in [6.45, 7) is 8.91. The van der Waals surface area contributed by atoms with E-state index in [1.807, 2.05) is 0 Å². The van der Waals surface area contributed by atoms with E-state index in [1.165, 1.54) is 6.08 Å². The Morgan fingerprint density at radius 3 is 2.46 bits per heavy atom. The highest BCUT2D eigenvalue weighted by Gasteiger charge is 2.19. The zero-order chi connectivity index (χ0) is 10.5. The molecule has 0 aliphatic heterocycles. The molecular weight excluding hydrogens is 166 g/mol. The topological polar surface area (TPSA) is 26.3 Å². The zero-order valence-corrected chi connectivity index (χ0v) is 9.04. The second kappa shape index (κ2) is 5.02. The molecule has 0 unspecified atom stereocenters. The van der Waals surface area contributed by atoms with Crippen LogP contribution < -0.4 is 0 Å². The molecule has 0 rings (SSSR count). The summed E-state index contributed by atoms with van der Waals surface area (Å²) in [6, 6.07) is 0.530. The largest absolute Gasteiger partial charge is 0.457 e. The zero-order valence-electron chi connectivity index (χ0n) is 9.04. The van der Waals surface area contributed by atoms with Crippen molar-refractivity contribution in [3.8, 4) is 0 Å². The first-order valence-electron chi connectivity index (χ1n) is 4.52. The Morgan fingerprint density at radius 2 is 2.08 bits per heavy atom. The molecule has 0 amide bonds. The van der Waals surface area contributed by atoms with Crippen LogP contribution in [0.1, 0.15) is 13.8 Å². The Kier molecular flexibility index (Phi) is 4.70. The van der Waals surface area contributed by atoms with Crippen molar-refractivity contribution in [2.45, 2.75) is 19.9 Å². The summed E-state index contributed by atoms with van der Waals surface area (Å²) >= 11 is 0. The summed E-state index contributed by atoms with van der Waals surface area (Å²) in [7, 11) is 4.23. The van der Waals surface area contributed by atoms with E-state index >= 15 is 0 Å². The van der Waals surface area contributed by atoms with Crippen molar-refractivity contribution in [1.82, 2.24) is 0 Å². The lowest BCUT2D eigenvalue weighted by molar-refractivity contribution is -0.911. The molecule has 0 heterocycles. The van der Waals surface area contributed by atoms with Gasteiger partial charge in [-0.25, -0.2) is 4.79 Å². The molecule has 3 heteroatoms. The average molecular weight is 186 g/mol. The summed E-state index contributed by atoms with van der Waals surface area (Å²) in [5.74, 6) is -0.344. The maximum absolute atomic E-state index is 10.7. The van der Waals surface area contributed by atoms with Gasteiger partial charge in [-0.2, -0.15) is 0 Å². The van der Waals surface area contributed by atoms with E-state index in [2.05, 4.69) is 34.5 Å². The van der Waals surface area contributed by atoms with Crippen LogP contribution in [0.5, 0.6) is 0 Å². The predicted octanol–water partition coefficient (Wildman–Crippen LogP) is 1.20. The van der Waals surface area contributed by atoms with Crippen molar-refractivity contribution in [3.63, 3.8) is 0 Å². The van der Waals surface area contributed by atoms with Gasteiger partial charge in [0, 0.05) is 6.08 Å². The molecule has 0 bridgehead atoms. The van der Waals surface area contributed by atoms with Crippen molar-refractivity contribution < 1.29 is 14.0 Å². The fraction of sp³-hybridized carbons (Fsp3) is 0.700. The number of esters is 1. The molecule has 0 saturated heterocycles. The van der Waals surface area contributed by atoms with Gasteiger partial charge < -0.3 is 9.22 Å². The van der Waals surface area contributed by atoms with Crippen LogP contribution in [0.25, 0.3) is 0 Å². The third-order valence-electron chi connectivity index (χ3n) is 2.48. The van der Waals surface area contributed by atoms with E-state index in [4.69, 9.17) is 4.74 Å². The molecule has 0 aromatic heterocycles. The maximum Gasteiger partial charge on any atom is 0.330 e. The molecule has 0 aliphatic carbocycles. The number of quaternary nitrogens is 1. The lowest BCUT2D eigenvalue weighted by Crippen LogP contribution is -2.47. The fourth-order valence-corrected chi connectivity index (χ4v) is 0.699. The van der Waals surface area contributed by atoms with Gasteiger partial charge in [-0.15, -0.1) is 0 Å². The van der Waals surface area contributed by atoms with Gasteiger partial charge in [0.15, 0.2) is 0 Å². The van der Waals surface area contributed by atoms with Gasteiger partial charge in [-0.3, -0.25) is 0 Å². The van der Waals surface area contributed by atoms with E-state index in [-0.39, 0.29) is 5.97 Å². The molecule has 76 valence electrons. The highest BCUT2D eigenvalue weighted by Crippen LogP contribution is 2.04. The Hall–Kier alpha value is -0.830. The summed E-state index contributed by atoms with van der Waals surface area (Å²) in [6.07, 6.45) is 1.19. The van der Waals surface area contributed by atoms with Gasteiger partial charge in [0.2, 0.25) is 0 Å². The molecule has 0 fully saturated rings. The second-order valence-corrected chi connectivity index (χ2v) is 3.97. The number of hydrogen-bond acceptors (Lipinski definition) is 2. The van der Waals surface area contributed by atoms with Crippen molar-refractivity contribution in [3.05, 3.63) is 12.7 Å². The number of carbonyl (C=O) groups is 1. The third-order valence-corrected chi connectivity index (χ3v) is 2.48. The molecule has 3 nitrogen and oxygen atoms in total. The first-order valence-corrected chi connectivity index (χ1v) is 4.52. The number of nitrogens with zero attached hydrogens (tertiary/aromatic N) is 1. The van der Waals surface area contributed by atoms with Crippen molar-refractivity contribution >= 4 is 5.97 Å². The van der Waals surface area contributed by atoms with Gasteiger partial charge >= 0.3 is 5.97 Å². The molecule has 0 saturated carbocycles. The van der Waals surface area contributed by atoms with Crippen LogP contribution >= 0.6 is 0 Å². The lowest BCUT2D eigenvalue weighted by atomic mass is 10.3. The smallest absolute Gasteiger partial charge is 0.330 e. The quantitative estimate of drug-likeness (QED) is 0.366. The van der Waals surface area contributed by atoms with E-state index in [0.29, 0.717) is 12.6 Å². The van der Waals surface area contributed by atoms with Crippen molar-refractivity contribution in [2.24, 2.45) is 0 Å². The molecule has 0 atom stereocenters. The molecule has 0 spiro atoms. The minimum Gasteiger partial charge on any atom is -0.457 e. The molecular formula is C10H20NO2+. The molecule has 0 aromatic carbocycles. The van der Waals surface area contributed by atoms with Gasteiger partial charge in [0.1, 0.15) is 13.2 Å². The molecule has 0 radical (unpaired) electrons. The van der Waals surface area contributed by atoms with Gasteiger partial charge in [-0.1, -0.05) is 6.58 Å². The highest BCUT2D eigenvalue weighted by atomic mass is 16.5. The van der Waals surface area contributed by atoms with E-state index < -0.39 is 0 Å². The van der Waals surface area contributed by atoms with Crippen LogP contribution in [0, 0.1) is 0 Å². The molecule has 0 aliphatic rings. The van der Waals surface area contributed by atoms with E-state index in [0.717, 1.165) is 11.0 Å².